The Morgan fingerprint density at radius 3 is 2.60 bits per heavy atom. The van der Waals surface area contributed by atoms with Crippen LogP contribution in [-0.4, -0.2) is 18.5 Å². The van der Waals surface area contributed by atoms with E-state index >= 15 is 0 Å². The zero-order chi connectivity index (χ0) is 14.4. The first kappa shape index (κ1) is 14.8. The second-order valence-corrected chi connectivity index (χ2v) is 5.26. The Morgan fingerprint density at radius 2 is 1.90 bits per heavy atom. The number of hydrogen-bond donors (Lipinski definition) is 1. The lowest BCUT2D eigenvalue weighted by molar-refractivity contribution is 0.282. The fourth-order valence-corrected chi connectivity index (χ4v) is 2.30. The van der Waals surface area contributed by atoms with Crippen LogP contribution in [-0.2, 0) is 19.6 Å². The molecule has 0 aliphatic heterocycles. The van der Waals surface area contributed by atoms with Gasteiger partial charge in [-0.15, -0.1) is 0 Å². The van der Waals surface area contributed by atoms with E-state index in [1.807, 2.05) is 6.07 Å². The van der Waals surface area contributed by atoms with Crippen LogP contribution in [0.3, 0.4) is 0 Å². The summed E-state index contributed by atoms with van der Waals surface area (Å²) in [4.78, 5) is 2.27. The quantitative estimate of drug-likeness (QED) is 0.838. The van der Waals surface area contributed by atoms with Crippen LogP contribution < -0.4 is 5.32 Å². The Balaban J connectivity index is 1.92. The van der Waals surface area contributed by atoms with Gasteiger partial charge in [-0.3, -0.25) is 4.90 Å². The first-order chi connectivity index (χ1) is 9.69. The predicted molar refractivity (Wildman–Crippen MR) is 82.4 cm³/mol. The summed E-state index contributed by atoms with van der Waals surface area (Å²) in [5.41, 5.74) is 2.56. The van der Waals surface area contributed by atoms with Gasteiger partial charge in [0.15, 0.2) is 0 Å². The summed E-state index contributed by atoms with van der Waals surface area (Å²) in [6, 6.07) is 12.7. The van der Waals surface area contributed by atoms with Crippen molar-refractivity contribution in [1.29, 1.82) is 0 Å². The van der Waals surface area contributed by atoms with Crippen LogP contribution in [0.2, 0.25) is 0 Å². The average molecular weight is 272 g/mol. The summed E-state index contributed by atoms with van der Waals surface area (Å²) in [5.74, 6) is 2.09. The smallest absolute Gasteiger partial charge is 0.120 e. The van der Waals surface area contributed by atoms with E-state index in [0.29, 0.717) is 0 Å². The number of furan rings is 1. The minimum Gasteiger partial charge on any atom is -0.463 e. The van der Waals surface area contributed by atoms with Crippen molar-refractivity contribution in [2.75, 3.05) is 13.6 Å². The fraction of sp³-hybridized carbons (Fsp3) is 0.412. The third kappa shape index (κ3) is 4.22. The standard InChI is InChI=1S/C17H24N2O/c1-4-18-11-17-14(2)10-16(20-17)13-19(3)12-15-8-6-5-7-9-15/h5-10,18H,4,11-13H2,1-3H3. The molecule has 3 nitrogen and oxygen atoms in total. The number of nitrogens with zero attached hydrogens (tertiary/aromatic N) is 1. The van der Waals surface area contributed by atoms with E-state index in [0.717, 1.165) is 37.7 Å². The number of benzene rings is 1. The van der Waals surface area contributed by atoms with Crippen LogP contribution >= 0.6 is 0 Å². The highest BCUT2D eigenvalue weighted by Crippen LogP contribution is 2.16. The molecule has 3 heteroatoms. The molecule has 2 aromatic rings. The molecule has 0 atom stereocenters. The molecule has 1 aromatic carbocycles. The second-order valence-electron chi connectivity index (χ2n) is 5.26. The molecule has 0 aliphatic rings. The molecule has 20 heavy (non-hydrogen) atoms. The van der Waals surface area contributed by atoms with Crippen LogP contribution in [0.1, 0.15) is 29.6 Å². The van der Waals surface area contributed by atoms with E-state index in [4.69, 9.17) is 4.42 Å². The van der Waals surface area contributed by atoms with Crippen molar-refractivity contribution in [1.82, 2.24) is 10.2 Å². The van der Waals surface area contributed by atoms with E-state index in [1.165, 1.54) is 11.1 Å². The van der Waals surface area contributed by atoms with E-state index in [2.05, 4.69) is 61.4 Å². The van der Waals surface area contributed by atoms with Gasteiger partial charge in [-0.2, -0.15) is 0 Å². The summed E-state index contributed by atoms with van der Waals surface area (Å²) < 4.78 is 5.92. The van der Waals surface area contributed by atoms with Crippen LogP contribution in [0.5, 0.6) is 0 Å². The van der Waals surface area contributed by atoms with Crippen molar-refractivity contribution in [2.45, 2.75) is 33.5 Å². The third-order valence-corrected chi connectivity index (χ3v) is 3.33. The zero-order valence-electron chi connectivity index (χ0n) is 12.6. The van der Waals surface area contributed by atoms with Gasteiger partial charge in [0.25, 0.3) is 0 Å². The summed E-state index contributed by atoms with van der Waals surface area (Å²) in [5, 5.41) is 3.30. The van der Waals surface area contributed by atoms with Gasteiger partial charge in [0.2, 0.25) is 0 Å². The van der Waals surface area contributed by atoms with Crippen LogP contribution in [0.15, 0.2) is 40.8 Å². The van der Waals surface area contributed by atoms with Crippen LogP contribution in [0.4, 0.5) is 0 Å². The van der Waals surface area contributed by atoms with Gasteiger partial charge in [-0.25, -0.2) is 0 Å². The molecule has 0 bridgehead atoms. The van der Waals surface area contributed by atoms with Crippen LogP contribution in [0, 0.1) is 6.92 Å². The van der Waals surface area contributed by atoms with Crippen molar-refractivity contribution in [3.8, 4) is 0 Å². The second kappa shape index (κ2) is 7.27. The molecule has 1 aromatic heterocycles. The monoisotopic (exact) mass is 272 g/mol. The molecular formula is C17H24N2O. The molecule has 0 spiro atoms. The number of aryl methyl sites for hydroxylation is 1. The normalized spacial score (nSPS) is 11.2. The Labute approximate surface area is 121 Å². The van der Waals surface area contributed by atoms with Crippen LogP contribution in [0.25, 0.3) is 0 Å². The average Bonchev–Trinajstić information content (AvgIpc) is 2.77. The maximum Gasteiger partial charge on any atom is 0.120 e. The minimum atomic E-state index is 0.810. The Bertz CT molecular complexity index is 519. The molecule has 0 amide bonds. The summed E-state index contributed by atoms with van der Waals surface area (Å²) in [7, 11) is 2.12. The van der Waals surface area contributed by atoms with Gasteiger partial charge in [-0.05, 0) is 37.7 Å². The van der Waals surface area contributed by atoms with E-state index in [9.17, 15) is 0 Å². The van der Waals surface area contributed by atoms with E-state index in [-0.39, 0.29) is 0 Å². The minimum absolute atomic E-state index is 0.810. The van der Waals surface area contributed by atoms with Gasteiger partial charge >= 0.3 is 0 Å². The lowest BCUT2D eigenvalue weighted by Gasteiger charge is -2.15. The highest BCUT2D eigenvalue weighted by molar-refractivity contribution is 5.20. The fourth-order valence-electron chi connectivity index (χ4n) is 2.30. The van der Waals surface area contributed by atoms with Crippen molar-refractivity contribution in [2.24, 2.45) is 0 Å². The third-order valence-electron chi connectivity index (χ3n) is 3.33. The topological polar surface area (TPSA) is 28.4 Å². The van der Waals surface area contributed by atoms with E-state index in [1.54, 1.807) is 0 Å². The Morgan fingerprint density at radius 1 is 1.15 bits per heavy atom. The summed E-state index contributed by atoms with van der Waals surface area (Å²) in [6.45, 7) is 7.75. The lowest BCUT2D eigenvalue weighted by Crippen LogP contribution is -2.16. The van der Waals surface area contributed by atoms with Crippen molar-refractivity contribution >= 4 is 0 Å². The largest absolute Gasteiger partial charge is 0.463 e. The highest BCUT2D eigenvalue weighted by Gasteiger charge is 2.09. The molecule has 108 valence electrons. The first-order valence-electron chi connectivity index (χ1n) is 7.20. The molecular weight excluding hydrogens is 248 g/mol. The van der Waals surface area contributed by atoms with Gasteiger partial charge in [0.05, 0.1) is 13.1 Å². The molecule has 2 rings (SSSR count). The van der Waals surface area contributed by atoms with Gasteiger partial charge < -0.3 is 9.73 Å². The highest BCUT2D eigenvalue weighted by atomic mass is 16.3. The first-order valence-corrected chi connectivity index (χ1v) is 7.20. The molecule has 0 saturated heterocycles. The number of rotatable bonds is 7. The molecule has 0 aliphatic carbocycles. The molecule has 0 unspecified atom stereocenters. The van der Waals surface area contributed by atoms with Gasteiger partial charge in [0.1, 0.15) is 11.5 Å². The predicted octanol–water partition coefficient (Wildman–Crippen LogP) is 3.33. The molecule has 0 fully saturated rings. The van der Waals surface area contributed by atoms with Crippen molar-refractivity contribution in [3.05, 3.63) is 59.0 Å². The van der Waals surface area contributed by atoms with Gasteiger partial charge in [0, 0.05) is 6.54 Å². The van der Waals surface area contributed by atoms with E-state index < -0.39 is 0 Å². The molecule has 0 saturated carbocycles. The maximum absolute atomic E-state index is 5.92. The Hall–Kier alpha value is -1.58. The van der Waals surface area contributed by atoms with Crippen molar-refractivity contribution < 1.29 is 4.42 Å². The zero-order valence-corrected chi connectivity index (χ0v) is 12.6. The molecule has 1 heterocycles. The van der Waals surface area contributed by atoms with Crippen molar-refractivity contribution in [3.63, 3.8) is 0 Å². The summed E-state index contributed by atoms with van der Waals surface area (Å²) in [6.07, 6.45) is 0. The SMILES string of the molecule is CCNCc1oc(CN(C)Cc2ccccc2)cc1C. The summed E-state index contributed by atoms with van der Waals surface area (Å²) >= 11 is 0. The maximum atomic E-state index is 5.92. The molecule has 1 N–H and O–H groups in total. The Kier molecular flexibility index (Phi) is 5.39. The number of nitrogens with one attached hydrogen (secondary N) is 1. The van der Waals surface area contributed by atoms with Gasteiger partial charge in [-0.1, -0.05) is 37.3 Å². The molecule has 0 radical (unpaired) electrons. The number of hydrogen-bond acceptors (Lipinski definition) is 3. The lowest BCUT2D eigenvalue weighted by atomic mass is 10.2.